The highest BCUT2D eigenvalue weighted by Crippen LogP contribution is 2.33. The Hall–Kier alpha value is -2.20. The fourth-order valence-electron chi connectivity index (χ4n) is 2.15. The predicted molar refractivity (Wildman–Crippen MR) is 84.3 cm³/mol. The lowest BCUT2D eigenvalue weighted by molar-refractivity contribution is 0.761. The molecule has 4 rings (SSSR count). The minimum atomic E-state index is 0.570. The Labute approximate surface area is 137 Å². The molecule has 0 amide bonds. The zero-order valence-corrected chi connectivity index (χ0v) is 14.0. The molecule has 0 spiro atoms. The van der Waals surface area contributed by atoms with E-state index in [4.69, 9.17) is 0 Å². The SMILES string of the molecule is Cc1nn(C)c(-c2nn3c(-c4cnccn4)nnc3s2)c1Br. The van der Waals surface area contributed by atoms with Crippen molar-refractivity contribution in [3.8, 4) is 22.2 Å². The van der Waals surface area contributed by atoms with Crippen molar-refractivity contribution in [2.45, 2.75) is 6.92 Å². The van der Waals surface area contributed by atoms with Gasteiger partial charge in [-0.25, -0.2) is 4.98 Å². The van der Waals surface area contributed by atoms with E-state index in [2.05, 4.69) is 46.3 Å². The van der Waals surface area contributed by atoms with Gasteiger partial charge in [-0.2, -0.15) is 14.7 Å². The molecule has 0 aliphatic carbocycles. The number of aryl methyl sites for hydroxylation is 2. The van der Waals surface area contributed by atoms with Crippen molar-refractivity contribution >= 4 is 32.2 Å². The van der Waals surface area contributed by atoms with Gasteiger partial charge >= 0.3 is 0 Å². The molecule has 0 fully saturated rings. The van der Waals surface area contributed by atoms with Crippen LogP contribution in [0, 0.1) is 6.92 Å². The fourth-order valence-corrected chi connectivity index (χ4v) is 3.73. The molecular formula is C12H9BrN8S. The molecular weight excluding hydrogens is 368 g/mol. The molecule has 0 aromatic carbocycles. The average molecular weight is 377 g/mol. The summed E-state index contributed by atoms with van der Waals surface area (Å²) in [4.78, 5) is 8.99. The Bertz CT molecular complexity index is 970. The van der Waals surface area contributed by atoms with Gasteiger partial charge in [0.15, 0.2) is 5.01 Å². The third kappa shape index (κ3) is 1.95. The number of hydrogen-bond donors (Lipinski definition) is 0. The second-order valence-electron chi connectivity index (χ2n) is 4.59. The van der Waals surface area contributed by atoms with Crippen molar-refractivity contribution in [2.75, 3.05) is 0 Å². The molecule has 22 heavy (non-hydrogen) atoms. The molecule has 0 atom stereocenters. The molecule has 4 aromatic heterocycles. The average Bonchev–Trinajstić information content (AvgIpc) is 3.14. The van der Waals surface area contributed by atoms with Crippen LogP contribution in [0.2, 0.25) is 0 Å². The van der Waals surface area contributed by atoms with Gasteiger partial charge in [0.1, 0.15) is 11.4 Å². The zero-order chi connectivity index (χ0) is 15.3. The van der Waals surface area contributed by atoms with Gasteiger partial charge in [-0.05, 0) is 22.9 Å². The maximum absolute atomic E-state index is 4.61. The highest BCUT2D eigenvalue weighted by atomic mass is 79.9. The van der Waals surface area contributed by atoms with Crippen molar-refractivity contribution in [3.05, 3.63) is 28.8 Å². The van der Waals surface area contributed by atoms with Crippen LogP contribution in [0.15, 0.2) is 23.1 Å². The first kappa shape index (κ1) is 13.5. The fraction of sp³-hybridized carbons (Fsp3) is 0.167. The summed E-state index contributed by atoms with van der Waals surface area (Å²) in [6, 6.07) is 0. The highest BCUT2D eigenvalue weighted by Gasteiger charge is 2.20. The van der Waals surface area contributed by atoms with Gasteiger partial charge in [-0.1, -0.05) is 11.3 Å². The minimum absolute atomic E-state index is 0.570. The van der Waals surface area contributed by atoms with E-state index in [9.17, 15) is 0 Å². The Morgan fingerprint density at radius 1 is 1.18 bits per heavy atom. The first-order valence-corrected chi connectivity index (χ1v) is 7.94. The van der Waals surface area contributed by atoms with Gasteiger partial charge in [0.25, 0.3) is 0 Å². The van der Waals surface area contributed by atoms with Crippen molar-refractivity contribution in [3.63, 3.8) is 0 Å². The summed E-state index contributed by atoms with van der Waals surface area (Å²) in [7, 11) is 1.89. The highest BCUT2D eigenvalue weighted by molar-refractivity contribution is 9.10. The van der Waals surface area contributed by atoms with Gasteiger partial charge in [0.05, 0.1) is 16.4 Å². The molecule has 0 radical (unpaired) electrons. The number of fused-ring (bicyclic) bond motifs is 1. The molecule has 0 saturated carbocycles. The molecule has 110 valence electrons. The van der Waals surface area contributed by atoms with Crippen molar-refractivity contribution in [1.82, 2.24) is 39.6 Å². The van der Waals surface area contributed by atoms with Crippen LogP contribution in [0.3, 0.4) is 0 Å². The quantitative estimate of drug-likeness (QED) is 0.532. The van der Waals surface area contributed by atoms with Crippen molar-refractivity contribution in [1.29, 1.82) is 0 Å². The number of halogens is 1. The summed E-state index contributed by atoms with van der Waals surface area (Å²) >= 11 is 5.01. The molecule has 0 N–H and O–H groups in total. The lowest BCUT2D eigenvalue weighted by atomic mass is 10.4. The normalized spacial score (nSPS) is 11.4. The molecule has 10 heteroatoms. The second-order valence-corrected chi connectivity index (χ2v) is 6.34. The van der Waals surface area contributed by atoms with Crippen molar-refractivity contribution < 1.29 is 0 Å². The summed E-state index contributed by atoms with van der Waals surface area (Å²) in [5.41, 5.74) is 2.46. The smallest absolute Gasteiger partial charge is 0.235 e. The lowest BCUT2D eigenvalue weighted by Crippen LogP contribution is -1.96. The Morgan fingerprint density at radius 3 is 2.73 bits per heavy atom. The largest absolute Gasteiger partial charge is 0.264 e. The first-order valence-electron chi connectivity index (χ1n) is 6.33. The van der Waals surface area contributed by atoms with Crippen LogP contribution >= 0.6 is 27.3 Å². The van der Waals surface area contributed by atoms with Crippen LogP contribution in [0.1, 0.15) is 5.69 Å². The van der Waals surface area contributed by atoms with Crippen LogP contribution in [-0.2, 0) is 7.05 Å². The lowest BCUT2D eigenvalue weighted by Gasteiger charge is -1.97. The van der Waals surface area contributed by atoms with E-state index in [0.717, 1.165) is 20.9 Å². The van der Waals surface area contributed by atoms with E-state index in [1.807, 2.05) is 14.0 Å². The number of rotatable bonds is 2. The van der Waals surface area contributed by atoms with Crippen LogP contribution in [0.4, 0.5) is 0 Å². The summed E-state index contributed by atoms with van der Waals surface area (Å²) < 4.78 is 4.41. The van der Waals surface area contributed by atoms with E-state index in [1.54, 1.807) is 27.8 Å². The number of nitrogens with zero attached hydrogens (tertiary/aromatic N) is 8. The van der Waals surface area contributed by atoms with Crippen LogP contribution < -0.4 is 0 Å². The number of hydrogen-bond acceptors (Lipinski definition) is 7. The third-order valence-electron chi connectivity index (χ3n) is 3.13. The van der Waals surface area contributed by atoms with Gasteiger partial charge in [0, 0.05) is 19.4 Å². The van der Waals surface area contributed by atoms with E-state index in [-0.39, 0.29) is 0 Å². The summed E-state index contributed by atoms with van der Waals surface area (Å²) in [5.74, 6) is 0.570. The van der Waals surface area contributed by atoms with Gasteiger partial charge < -0.3 is 0 Å². The Morgan fingerprint density at radius 2 is 2.05 bits per heavy atom. The first-order chi connectivity index (χ1) is 10.6. The van der Waals surface area contributed by atoms with Gasteiger partial charge in [-0.3, -0.25) is 9.67 Å². The Kier molecular flexibility index (Phi) is 3.01. The summed E-state index contributed by atoms with van der Waals surface area (Å²) in [6.07, 6.45) is 4.87. The molecule has 0 saturated heterocycles. The second kappa shape index (κ2) is 4.92. The van der Waals surface area contributed by atoms with E-state index in [1.165, 1.54) is 11.3 Å². The maximum atomic E-state index is 4.61. The minimum Gasteiger partial charge on any atom is -0.264 e. The Balaban J connectivity index is 1.91. The maximum Gasteiger partial charge on any atom is 0.235 e. The standard InChI is InChI=1S/C12H9BrN8S/c1-6-8(13)9(20(2)18-6)11-19-21-10(16-17-12(21)22-11)7-5-14-3-4-15-7/h3-5H,1-2H3. The molecule has 0 unspecified atom stereocenters. The van der Waals surface area contributed by atoms with Crippen LogP contribution in [0.25, 0.3) is 27.2 Å². The topological polar surface area (TPSA) is 86.7 Å². The molecule has 0 aliphatic heterocycles. The van der Waals surface area contributed by atoms with Crippen LogP contribution in [-0.4, -0.2) is 39.6 Å². The molecule has 4 heterocycles. The summed E-state index contributed by atoms with van der Waals surface area (Å²) in [5, 5.41) is 18.1. The summed E-state index contributed by atoms with van der Waals surface area (Å²) in [6.45, 7) is 1.94. The van der Waals surface area contributed by atoms with E-state index in [0.29, 0.717) is 16.5 Å². The van der Waals surface area contributed by atoms with Gasteiger partial charge in [0.2, 0.25) is 10.8 Å². The van der Waals surface area contributed by atoms with E-state index < -0.39 is 0 Å². The number of aromatic nitrogens is 8. The van der Waals surface area contributed by atoms with Gasteiger partial charge in [-0.15, -0.1) is 10.2 Å². The molecule has 0 aliphatic rings. The predicted octanol–water partition coefficient (Wildman–Crippen LogP) is 2.11. The zero-order valence-electron chi connectivity index (χ0n) is 11.6. The third-order valence-corrected chi connectivity index (χ3v) is 4.99. The van der Waals surface area contributed by atoms with Crippen molar-refractivity contribution in [2.24, 2.45) is 7.05 Å². The van der Waals surface area contributed by atoms with E-state index >= 15 is 0 Å². The monoisotopic (exact) mass is 376 g/mol. The molecule has 0 bridgehead atoms. The molecule has 4 aromatic rings. The molecule has 8 nitrogen and oxygen atoms in total. The van der Waals surface area contributed by atoms with Crippen LogP contribution in [0.5, 0.6) is 0 Å².